The Balaban J connectivity index is 1.77. The second-order valence-electron chi connectivity index (χ2n) is 8.49. The van der Waals surface area contributed by atoms with Gasteiger partial charge in [0.25, 0.3) is 5.91 Å². The molecule has 3 amide bonds. The lowest BCUT2D eigenvalue weighted by atomic mass is 10.1. The van der Waals surface area contributed by atoms with E-state index in [0.717, 1.165) is 10.7 Å². The summed E-state index contributed by atoms with van der Waals surface area (Å²) in [4.78, 5) is 52.2. The Labute approximate surface area is 221 Å². The molecule has 1 aromatic carbocycles. The highest BCUT2D eigenvalue weighted by Gasteiger charge is 2.33. The number of nitrogens with one attached hydrogen (secondary N) is 1. The standard InChI is InChI=1S/C24H28F3N5O7/c1-2-38-23(37)31-12-10-30(11-13-31)22(36)17(8-9-20(33)34)28-21(35)18-14-19(39-15-24(25,26)27)32(29-18)16-6-4-3-5-7-16/h3-7,14,17H,2,8-13,15H2,1H3,(H,28,35)(H,33,34). The number of carboxylic acids is 1. The molecular weight excluding hydrogens is 527 g/mol. The van der Waals surface area contributed by atoms with E-state index in [1.54, 1.807) is 37.3 Å². The summed E-state index contributed by atoms with van der Waals surface area (Å²) in [5, 5.41) is 15.6. The van der Waals surface area contributed by atoms with Crippen LogP contribution in [0.15, 0.2) is 36.4 Å². The third-order valence-electron chi connectivity index (χ3n) is 5.66. The number of carboxylic acid groups (broad SMARTS) is 1. The minimum Gasteiger partial charge on any atom is -0.481 e. The van der Waals surface area contributed by atoms with Gasteiger partial charge in [-0.25, -0.2) is 9.48 Å². The molecule has 1 aliphatic rings. The van der Waals surface area contributed by atoms with Crippen molar-refractivity contribution in [1.29, 1.82) is 0 Å². The van der Waals surface area contributed by atoms with E-state index in [-0.39, 0.29) is 50.8 Å². The largest absolute Gasteiger partial charge is 0.481 e. The molecule has 1 atom stereocenters. The van der Waals surface area contributed by atoms with Crippen LogP contribution in [0, 0.1) is 0 Å². The van der Waals surface area contributed by atoms with Crippen LogP contribution >= 0.6 is 0 Å². The normalized spacial score (nSPS) is 14.5. The molecule has 12 nitrogen and oxygen atoms in total. The zero-order chi connectivity index (χ0) is 28.6. The Morgan fingerprint density at radius 1 is 1.08 bits per heavy atom. The maximum absolute atomic E-state index is 13.2. The highest BCUT2D eigenvalue weighted by molar-refractivity contribution is 5.96. The van der Waals surface area contributed by atoms with Crippen LogP contribution in [0.25, 0.3) is 5.69 Å². The Hall–Kier alpha value is -4.30. The number of carbonyl (C=O) groups excluding carboxylic acids is 3. The van der Waals surface area contributed by atoms with Crippen molar-refractivity contribution in [2.45, 2.75) is 32.0 Å². The van der Waals surface area contributed by atoms with E-state index in [1.807, 2.05) is 0 Å². The smallest absolute Gasteiger partial charge is 0.422 e. The van der Waals surface area contributed by atoms with Crippen molar-refractivity contribution in [3.63, 3.8) is 0 Å². The van der Waals surface area contributed by atoms with Gasteiger partial charge in [-0.1, -0.05) is 18.2 Å². The summed E-state index contributed by atoms with van der Waals surface area (Å²) in [6, 6.07) is 7.75. The summed E-state index contributed by atoms with van der Waals surface area (Å²) in [5.41, 5.74) is -0.0111. The first-order valence-corrected chi connectivity index (χ1v) is 12.1. The van der Waals surface area contributed by atoms with E-state index in [1.165, 1.54) is 9.80 Å². The van der Waals surface area contributed by atoms with Crippen molar-refractivity contribution >= 4 is 23.9 Å². The second kappa shape index (κ2) is 13.0. The van der Waals surface area contributed by atoms with Crippen molar-refractivity contribution in [1.82, 2.24) is 24.9 Å². The molecule has 1 aromatic heterocycles. The summed E-state index contributed by atoms with van der Waals surface area (Å²) < 4.78 is 49.2. The van der Waals surface area contributed by atoms with Gasteiger partial charge in [-0.2, -0.15) is 18.3 Å². The summed E-state index contributed by atoms with van der Waals surface area (Å²) >= 11 is 0. The first kappa shape index (κ1) is 29.3. The van der Waals surface area contributed by atoms with Crippen LogP contribution in [-0.2, 0) is 14.3 Å². The Morgan fingerprint density at radius 3 is 2.31 bits per heavy atom. The number of aromatic nitrogens is 2. The molecule has 3 rings (SSSR count). The van der Waals surface area contributed by atoms with Gasteiger partial charge in [0.05, 0.1) is 12.3 Å². The number of hydrogen-bond donors (Lipinski definition) is 2. The number of para-hydroxylation sites is 1. The van der Waals surface area contributed by atoms with E-state index in [0.29, 0.717) is 5.69 Å². The van der Waals surface area contributed by atoms with E-state index in [4.69, 9.17) is 14.6 Å². The predicted molar refractivity (Wildman–Crippen MR) is 128 cm³/mol. The molecule has 0 bridgehead atoms. The van der Waals surface area contributed by atoms with Crippen LogP contribution < -0.4 is 10.1 Å². The molecule has 2 heterocycles. The topological polar surface area (TPSA) is 143 Å². The molecule has 212 valence electrons. The maximum Gasteiger partial charge on any atom is 0.422 e. The van der Waals surface area contributed by atoms with Gasteiger partial charge in [0, 0.05) is 38.7 Å². The summed E-state index contributed by atoms with van der Waals surface area (Å²) in [5.74, 6) is -3.02. The lowest BCUT2D eigenvalue weighted by Crippen LogP contribution is -2.56. The van der Waals surface area contributed by atoms with Gasteiger partial charge in [0.1, 0.15) is 6.04 Å². The number of alkyl halides is 3. The van der Waals surface area contributed by atoms with Gasteiger partial charge in [0.15, 0.2) is 12.3 Å². The molecule has 1 saturated heterocycles. The molecule has 39 heavy (non-hydrogen) atoms. The van der Waals surface area contributed by atoms with Gasteiger partial charge >= 0.3 is 18.2 Å². The number of ether oxygens (including phenoxy) is 2. The maximum atomic E-state index is 13.2. The van der Waals surface area contributed by atoms with Crippen LogP contribution in [0.1, 0.15) is 30.3 Å². The van der Waals surface area contributed by atoms with Gasteiger partial charge in [0.2, 0.25) is 11.8 Å². The fourth-order valence-electron chi connectivity index (χ4n) is 3.79. The highest BCUT2D eigenvalue weighted by Crippen LogP contribution is 2.23. The fourth-order valence-corrected chi connectivity index (χ4v) is 3.79. The molecule has 0 spiro atoms. The van der Waals surface area contributed by atoms with Crippen LogP contribution in [0.3, 0.4) is 0 Å². The summed E-state index contributed by atoms with van der Waals surface area (Å²) in [6.45, 7) is 0.886. The van der Waals surface area contributed by atoms with E-state index >= 15 is 0 Å². The predicted octanol–water partition coefficient (Wildman–Crippen LogP) is 2.08. The van der Waals surface area contributed by atoms with Crippen molar-refractivity contribution in [3.05, 3.63) is 42.1 Å². The first-order valence-electron chi connectivity index (χ1n) is 12.1. The minimum absolute atomic E-state index is 0.134. The van der Waals surface area contributed by atoms with Crippen molar-refractivity contribution in [2.24, 2.45) is 0 Å². The minimum atomic E-state index is -4.64. The molecule has 15 heteroatoms. The van der Waals surface area contributed by atoms with Crippen LogP contribution in [0.5, 0.6) is 5.88 Å². The number of benzene rings is 1. The number of hydrogen-bond acceptors (Lipinski definition) is 7. The lowest BCUT2D eigenvalue weighted by Gasteiger charge is -2.35. The Kier molecular flexibility index (Phi) is 9.73. The highest BCUT2D eigenvalue weighted by atomic mass is 19.4. The molecular formula is C24H28F3N5O7. The van der Waals surface area contributed by atoms with Gasteiger partial charge < -0.3 is 29.7 Å². The number of rotatable bonds is 10. The van der Waals surface area contributed by atoms with Gasteiger partial charge in [-0.3, -0.25) is 14.4 Å². The summed E-state index contributed by atoms with van der Waals surface area (Å²) in [6.07, 6.45) is -5.83. The third kappa shape index (κ3) is 8.35. The zero-order valence-electron chi connectivity index (χ0n) is 21.0. The second-order valence-corrected chi connectivity index (χ2v) is 8.49. The lowest BCUT2D eigenvalue weighted by molar-refractivity contribution is -0.154. The Morgan fingerprint density at radius 2 is 1.72 bits per heavy atom. The fraction of sp³-hybridized carbons (Fsp3) is 0.458. The Bertz CT molecular complexity index is 1160. The number of piperazine rings is 1. The van der Waals surface area contributed by atoms with Crippen LogP contribution in [0.2, 0.25) is 0 Å². The SMILES string of the molecule is CCOC(=O)N1CCN(C(=O)C(CCC(=O)O)NC(=O)c2cc(OCC(F)(F)F)n(-c3ccccc3)n2)CC1. The van der Waals surface area contributed by atoms with Gasteiger partial charge in [-0.15, -0.1) is 0 Å². The molecule has 0 saturated carbocycles. The molecule has 0 radical (unpaired) electrons. The molecule has 1 fully saturated rings. The van der Waals surface area contributed by atoms with Crippen molar-refractivity contribution < 1.29 is 46.9 Å². The van der Waals surface area contributed by atoms with Crippen molar-refractivity contribution in [3.8, 4) is 11.6 Å². The monoisotopic (exact) mass is 555 g/mol. The van der Waals surface area contributed by atoms with Crippen molar-refractivity contribution in [2.75, 3.05) is 39.4 Å². The van der Waals surface area contributed by atoms with E-state index in [2.05, 4.69) is 10.4 Å². The molecule has 0 aliphatic carbocycles. The molecule has 1 aliphatic heterocycles. The average Bonchev–Trinajstić information content (AvgIpc) is 3.34. The van der Waals surface area contributed by atoms with E-state index in [9.17, 15) is 32.3 Å². The molecule has 1 unspecified atom stereocenters. The van der Waals surface area contributed by atoms with E-state index < -0.39 is 49.1 Å². The number of carbonyl (C=O) groups is 4. The van der Waals surface area contributed by atoms with Gasteiger partial charge in [-0.05, 0) is 25.5 Å². The van der Waals surface area contributed by atoms with Crippen LogP contribution in [0.4, 0.5) is 18.0 Å². The summed E-state index contributed by atoms with van der Waals surface area (Å²) in [7, 11) is 0. The molecule has 2 aromatic rings. The first-order chi connectivity index (χ1) is 18.5. The average molecular weight is 556 g/mol. The number of amides is 3. The molecule has 2 N–H and O–H groups in total. The number of nitrogens with zero attached hydrogens (tertiary/aromatic N) is 4. The zero-order valence-corrected chi connectivity index (χ0v) is 21.0. The number of aliphatic carboxylic acids is 1. The quantitative estimate of drug-likeness (QED) is 0.454. The van der Waals surface area contributed by atoms with Crippen LogP contribution in [-0.4, -0.2) is 100 Å². The third-order valence-corrected chi connectivity index (χ3v) is 5.66. The number of halogens is 3.